The second-order valence-corrected chi connectivity index (χ2v) is 6.50. The molecule has 0 bridgehead atoms. The summed E-state index contributed by atoms with van der Waals surface area (Å²) in [5.41, 5.74) is 6.85. The Morgan fingerprint density at radius 2 is 2.26 bits per heavy atom. The summed E-state index contributed by atoms with van der Waals surface area (Å²) in [7, 11) is 0. The Balaban J connectivity index is 2.03. The minimum Gasteiger partial charge on any atom is -0.381 e. The molecule has 1 aromatic carbocycles. The molecule has 1 aromatic rings. The summed E-state index contributed by atoms with van der Waals surface area (Å²) in [6.07, 6.45) is 5.09. The lowest BCUT2D eigenvalue weighted by Crippen LogP contribution is -2.38. The molecule has 0 aromatic heterocycles. The van der Waals surface area contributed by atoms with E-state index >= 15 is 0 Å². The Hall–Kier alpha value is -0.610. The van der Waals surface area contributed by atoms with Gasteiger partial charge < -0.3 is 11.1 Å². The van der Waals surface area contributed by atoms with E-state index in [1.54, 1.807) is 12.1 Å². The first kappa shape index (κ1) is 14.8. The molecular weight excluding hydrogens is 307 g/mol. The molecule has 1 fully saturated rings. The highest BCUT2D eigenvalue weighted by molar-refractivity contribution is 9.10. The number of rotatable bonds is 4. The minimum absolute atomic E-state index is 0.235. The summed E-state index contributed by atoms with van der Waals surface area (Å²) >= 11 is 3.22. The van der Waals surface area contributed by atoms with Crippen molar-refractivity contribution in [3.63, 3.8) is 0 Å². The maximum Gasteiger partial charge on any atom is 0.137 e. The molecular formula is C15H22BrFN2. The Morgan fingerprint density at radius 3 is 2.89 bits per heavy atom. The number of hydrogen-bond donors (Lipinski definition) is 2. The Labute approximate surface area is 123 Å². The molecule has 106 valence electrons. The summed E-state index contributed by atoms with van der Waals surface area (Å²) in [6, 6.07) is 5.31. The molecule has 3 N–H and O–H groups in total. The maximum absolute atomic E-state index is 13.2. The molecule has 0 aliphatic heterocycles. The molecule has 0 saturated heterocycles. The number of halogens is 2. The van der Waals surface area contributed by atoms with Gasteiger partial charge in [0.1, 0.15) is 5.82 Å². The third kappa shape index (κ3) is 3.93. The van der Waals surface area contributed by atoms with Crippen molar-refractivity contribution < 1.29 is 4.39 Å². The lowest BCUT2D eigenvalue weighted by molar-refractivity contribution is 0.257. The number of nitrogens with one attached hydrogen (secondary N) is 1. The largest absolute Gasteiger partial charge is 0.381 e. The molecule has 19 heavy (non-hydrogen) atoms. The zero-order valence-electron chi connectivity index (χ0n) is 11.3. The van der Waals surface area contributed by atoms with Crippen LogP contribution < -0.4 is 11.1 Å². The summed E-state index contributed by atoms with van der Waals surface area (Å²) in [6.45, 7) is 2.93. The Kier molecular flexibility index (Phi) is 5.22. The first-order chi connectivity index (χ1) is 9.10. The quantitative estimate of drug-likeness (QED) is 0.871. The lowest BCUT2D eigenvalue weighted by atomic mass is 9.78. The van der Waals surface area contributed by atoms with E-state index in [-0.39, 0.29) is 11.9 Å². The Morgan fingerprint density at radius 1 is 1.47 bits per heavy atom. The molecule has 4 heteroatoms. The fraction of sp³-hybridized carbons (Fsp3) is 0.600. The first-order valence-electron chi connectivity index (χ1n) is 7.01. The van der Waals surface area contributed by atoms with Crippen molar-refractivity contribution in [3.8, 4) is 0 Å². The van der Waals surface area contributed by atoms with Gasteiger partial charge in [-0.25, -0.2) is 4.39 Å². The van der Waals surface area contributed by atoms with E-state index in [2.05, 4.69) is 28.2 Å². The molecule has 2 rings (SSSR count). The summed E-state index contributed by atoms with van der Waals surface area (Å²) in [4.78, 5) is 0. The van der Waals surface area contributed by atoms with Gasteiger partial charge in [-0.1, -0.05) is 19.8 Å². The summed E-state index contributed by atoms with van der Waals surface area (Å²) in [5, 5.41) is 3.47. The zero-order valence-corrected chi connectivity index (χ0v) is 12.9. The normalized spacial score (nSPS) is 25.1. The van der Waals surface area contributed by atoms with Crippen molar-refractivity contribution >= 4 is 21.6 Å². The van der Waals surface area contributed by atoms with Gasteiger partial charge in [-0.3, -0.25) is 0 Å². The predicted octanol–water partition coefficient (Wildman–Crippen LogP) is 4.15. The second-order valence-electron chi connectivity index (χ2n) is 5.65. The highest BCUT2D eigenvalue weighted by Crippen LogP contribution is 2.32. The molecule has 2 nitrogen and oxygen atoms in total. The van der Waals surface area contributed by atoms with Gasteiger partial charge >= 0.3 is 0 Å². The van der Waals surface area contributed by atoms with Crippen molar-refractivity contribution in [1.82, 2.24) is 0 Å². The van der Waals surface area contributed by atoms with Crippen LogP contribution in [-0.4, -0.2) is 12.6 Å². The van der Waals surface area contributed by atoms with E-state index in [0.29, 0.717) is 16.9 Å². The zero-order chi connectivity index (χ0) is 13.8. The molecule has 0 amide bonds. The first-order valence-corrected chi connectivity index (χ1v) is 7.81. The van der Waals surface area contributed by atoms with Crippen LogP contribution >= 0.6 is 15.9 Å². The third-order valence-corrected chi connectivity index (χ3v) is 4.68. The van der Waals surface area contributed by atoms with Gasteiger partial charge in [-0.15, -0.1) is 0 Å². The Bertz CT molecular complexity index is 425. The van der Waals surface area contributed by atoms with Gasteiger partial charge in [-0.2, -0.15) is 0 Å². The van der Waals surface area contributed by atoms with E-state index in [4.69, 9.17) is 5.73 Å². The molecule has 3 atom stereocenters. The lowest BCUT2D eigenvalue weighted by Gasteiger charge is -2.33. The molecule has 0 radical (unpaired) electrons. The van der Waals surface area contributed by atoms with E-state index in [1.165, 1.54) is 31.7 Å². The van der Waals surface area contributed by atoms with Gasteiger partial charge in [0.25, 0.3) is 0 Å². The van der Waals surface area contributed by atoms with E-state index in [9.17, 15) is 4.39 Å². The van der Waals surface area contributed by atoms with Gasteiger partial charge in [0.05, 0.1) is 4.47 Å². The van der Waals surface area contributed by atoms with Crippen molar-refractivity contribution in [3.05, 3.63) is 28.5 Å². The number of hydrogen-bond acceptors (Lipinski definition) is 2. The third-order valence-electron chi connectivity index (χ3n) is 4.07. The second kappa shape index (κ2) is 6.71. The standard InChI is InChI=1S/C15H22BrFN2/c1-10-3-2-4-11(7-10)15(9-18)19-12-5-6-14(17)13(16)8-12/h5-6,8,10-11,15,19H,2-4,7,9,18H2,1H3. The number of nitrogens with two attached hydrogens (primary N) is 1. The predicted molar refractivity (Wildman–Crippen MR) is 81.7 cm³/mol. The minimum atomic E-state index is -0.235. The van der Waals surface area contributed by atoms with Crippen LogP contribution in [0.3, 0.4) is 0 Å². The van der Waals surface area contributed by atoms with Crippen molar-refractivity contribution in [1.29, 1.82) is 0 Å². The fourth-order valence-corrected chi connectivity index (χ4v) is 3.39. The van der Waals surface area contributed by atoms with Gasteiger partial charge in [-0.05, 0) is 58.8 Å². The molecule has 1 aliphatic carbocycles. The average molecular weight is 329 g/mol. The molecule has 3 unspecified atom stereocenters. The highest BCUT2D eigenvalue weighted by atomic mass is 79.9. The van der Waals surface area contributed by atoms with Crippen LogP contribution in [0.1, 0.15) is 32.6 Å². The van der Waals surface area contributed by atoms with Crippen LogP contribution in [0.25, 0.3) is 0 Å². The smallest absolute Gasteiger partial charge is 0.137 e. The van der Waals surface area contributed by atoms with Gasteiger partial charge in [0.15, 0.2) is 0 Å². The summed E-state index contributed by atoms with van der Waals surface area (Å²) in [5.74, 6) is 1.17. The van der Waals surface area contributed by atoms with Crippen molar-refractivity contribution in [2.24, 2.45) is 17.6 Å². The van der Waals surface area contributed by atoms with Crippen LogP contribution in [0, 0.1) is 17.7 Å². The van der Waals surface area contributed by atoms with E-state index in [1.807, 2.05) is 0 Å². The monoisotopic (exact) mass is 328 g/mol. The van der Waals surface area contributed by atoms with Crippen LogP contribution in [-0.2, 0) is 0 Å². The topological polar surface area (TPSA) is 38.0 Å². The maximum atomic E-state index is 13.2. The average Bonchev–Trinajstić information content (AvgIpc) is 2.40. The van der Waals surface area contributed by atoms with Gasteiger partial charge in [0.2, 0.25) is 0 Å². The van der Waals surface area contributed by atoms with Gasteiger partial charge in [0, 0.05) is 18.3 Å². The SMILES string of the molecule is CC1CCCC(C(CN)Nc2ccc(F)c(Br)c2)C1. The van der Waals surface area contributed by atoms with Crippen LogP contribution in [0.2, 0.25) is 0 Å². The van der Waals surface area contributed by atoms with Crippen LogP contribution in [0.15, 0.2) is 22.7 Å². The van der Waals surface area contributed by atoms with Crippen molar-refractivity contribution in [2.45, 2.75) is 38.6 Å². The molecule has 1 aliphatic rings. The van der Waals surface area contributed by atoms with Crippen LogP contribution in [0.4, 0.5) is 10.1 Å². The molecule has 0 heterocycles. The number of anilines is 1. The van der Waals surface area contributed by atoms with Crippen molar-refractivity contribution in [2.75, 3.05) is 11.9 Å². The van der Waals surface area contributed by atoms with Crippen LogP contribution in [0.5, 0.6) is 0 Å². The fourth-order valence-electron chi connectivity index (χ4n) is 3.02. The van der Waals surface area contributed by atoms with E-state index in [0.717, 1.165) is 11.6 Å². The highest BCUT2D eigenvalue weighted by Gasteiger charge is 2.25. The molecule has 0 spiro atoms. The van der Waals surface area contributed by atoms with E-state index < -0.39 is 0 Å². The molecule has 1 saturated carbocycles. The summed E-state index contributed by atoms with van der Waals surface area (Å²) < 4.78 is 13.7. The number of benzene rings is 1.